The zero-order chi connectivity index (χ0) is 35.9. The Balaban J connectivity index is 1.15. The van der Waals surface area contributed by atoms with Crippen LogP contribution in [0.5, 0.6) is 0 Å². The van der Waals surface area contributed by atoms with Crippen LogP contribution in [0.1, 0.15) is 59.9 Å². The number of thioether (sulfide) groups is 1. The second kappa shape index (κ2) is 14.2. The molecule has 1 aliphatic carbocycles. The van der Waals surface area contributed by atoms with Gasteiger partial charge in [0.25, 0.3) is 11.5 Å². The van der Waals surface area contributed by atoms with Crippen LogP contribution >= 0.6 is 35.3 Å². The molecule has 52 heavy (non-hydrogen) atoms. The van der Waals surface area contributed by atoms with Crippen LogP contribution in [-0.4, -0.2) is 43.4 Å². The summed E-state index contributed by atoms with van der Waals surface area (Å²) in [5.41, 5.74) is 8.67. The summed E-state index contributed by atoms with van der Waals surface area (Å²) in [4.78, 5) is 42.8. The van der Waals surface area contributed by atoms with Crippen LogP contribution in [0.3, 0.4) is 0 Å². The van der Waals surface area contributed by atoms with Crippen molar-refractivity contribution in [3.05, 3.63) is 150 Å². The molecule has 3 aliphatic rings. The minimum atomic E-state index is -1.15. The lowest BCUT2D eigenvalue weighted by Crippen LogP contribution is -2.35. The van der Waals surface area contributed by atoms with E-state index in [0.717, 1.165) is 59.2 Å². The standard InChI is InChI=1S/C42H35N3O4S3/c1-2-43-40(49)38(52-42(43)50)41-44(25-37(46)47)39(48)36(51-41)24-27-18-21-35-33(23-27)31-14-9-15-34(31)45(35)30-19-16-26(17-20-30)22-32(28-10-5-3-6-11-28)29-12-7-4-8-13-29/h3-8,10-13,16-24,31,34H,2,9,14-15,25H2,1H3,(H,46,47)/b36-24-,41-38+/t31-,34-/m1/s1. The highest BCUT2D eigenvalue weighted by atomic mass is 32.2. The minimum Gasteiger partial charge on any atom is -0.480 e. The summed E-state index contributed by atoms with van der Waals surface area (Å²) in [5, 5.41) is 9.62. The van der Waals surface area contributed by atoms with Gasteiger partial charge in [0.05, 0.1) is 4.53 Å². The van der Waals surface area contributed by atoms with Gasteiger partial charge in [-0.15, -0.1) is 11.3 Å². The van der Waals surface area contributed by atoms with E-state index in [-0.39, 0.29) is 5.91 Å². The molecular formula is C42H35N3O4S3. The Kier molecular flexibility index (Phi) is 9.29. The zero-order valence-electron chi connectivity index (χ0n) is 28.4. The molecule has 1 aromatic heterocycles. The molecule has 260 valence electrons. The normalized spacial score (nSPS) is 19.3. The van der Waals surface area contributed by atoms with E-state index in [1.807, 2.05) is 31.2 Å². The highest BCUT2D eigenvalue weighted by Crippen LogP contribution is 2.52. The molecule has 1 amide bonds. The van der Waals surface area contributed by atoms with Crippen molar-refractivity contribution in [1.82, 2.24) is 9.47 Å². The average Bonchev–Trinajstić information content (AvgIpc) is 3.90. The Morgan fingerprint density at radius 1 is 0.904 bits per heavy atom. The largest absolute Gasteiger partial charge is 0.480 e. The maximum absolute atomic E-state index is 13.6. The smallest absolute Gasteiger partial charge is 0.323 e. The third-order valence-corrected chi connectivity index (χ3v) is 12.7. The molecule has 2 fully saturated rings. The number of aliphatic carboxylic acids is 1. The Morgan fingerprint density at radius 2 is 1.58 bits per heavy atom. The lowest BCUT2D eigenvalue weighted by atomic mass is 9.95. The summed E-state index contributed by atoms with van der Waals surface area (Å²) in [6, 6.07) is 36.5. The summed E-state index contributed by atoms with van der Waals surface area (Å²) >= 11 is 7.65. The van der Waals surface area contributed by atoms with Gasteiger partial charge in [0.1, 0.15) is 20.4 Å². The van der Waals surface area contributed by atoms with Gasteiger partial charge in [-0.3, -0.25) is 23.9 Å². The summed E-state index contributed by atoms with van der Waals surface area (Å²) in [6.07, 6.45) is 7.41. The monoisotopic (exact) mass is 741 g/mol. The Labute approximate surface area is 314 Å². The SMILES string of the molecule is CCN1C(=O)/C(=c2\s/c(=C\c3ccc4c(c3)[C@H]3CCC[C@H]3N4c3ccc(C=C(c4ccccc4)c4ccccc4)cc3)c(=O)n2CC(=O)O)SC1=S. The summed E-state index contributed by atoms with van der Waals surface area (Å²) in [7, 11) is 0. The van der Waals surface area contributed by atoms with Crippen molar-refractivity contribution in [3.8, 4) is 0 Å². The fourth-order valence-corrected chi connectivity index (χ4v) is 10.3. The quantitative estimate of drug-likeness (QED) is 0.133. The molecule has 4 aromatic carbocycles. The molecule has 0 unspecified atom stereocenters. The highest BCUT2D eigenvalue weighted by molar-refractivity contribution is 8.30. The van der Waals surface area contributed by atoms with Crippen LogP contribution in [0, 0.1) is 0 Å². The van der Waals surface area contributed by atoms with Crippen molar-refractivity contribution >= 4 is 85.5 Å². The summed E-state index contributed by atoms with van der Waals surface area (Å²) in [5.74, 6) is -1.08. The van der Waals surface area contributed by atoms with Gasteiger partial charge in [-0.2, -0.15) is 0 Å². The molecule has 1 N–H and O–H groups in total. The van der Waals surface area contributed by atoms with Gasteiger partial charge < -0.3 is 10.0 Å². The van der Waals surface area contributed by atoms with E-state index in [0.29, 0.717) is 36.9 Å². The van der Waals surface area contributed by atoms with Crippen molar-refractivity contribution in [2.24, 2.45) is 0 Å². The number of carboxylic acid groups (broad SMARTS) is 1. The molecule has 10 heteroatoms. The predicted octanol–water partition coefficient (Wildman–Crippen LogP) is 7.19. The molecule has 0 radical (unpaired) electrons. The molecule has 8 rings (SSSR count). The first-order valence-corrected chi connectivity index (χ1v) is 19.4. The van der Waals surface area contributed by atoms with Crippen LogP contribution in [0.4, 0.5) is 11.4 Å². The fraction of sp³-hybridized carbons (Fsp3) is 0.190. The first kappa shape index (κ1) is 34.1. The minimum absolute atomic E-state index is 0.297. The molecule has 1 saturated heterocycles. The molecule has 3 heterocycles. The van der Waals surface area contributed by atoms with Gasteiger partial charge >= 0.3 is 5.97 Å². The van der Waals surface area contributed by atoms with Gasteiger partial charge in [-0.1, -0.05) is 109 Å². The lowest BCUT2D eigenvalue weighted by molar-refractivity contribution is -0.137. The first-order valence-electron chi connectivity index (χ1n) is 17.4. The molecule has 1 saturated carbocycles. The van der Waals surface area contributed by atoms with Gasteiger partial charge in [0.15, 0.2) is 0 Å². The molecule has 7 nitrogen and oxygen atoms in total. The van der Waals surface area contributed by atoms with Crippen molar-refractivity contribution in [1.29, 1.82) is 0 Å². The van der Waals surface area contributed by atoms with Crippen LogP contribution in [0.25, 0.3) is 22.6 Å². The number of aromatic nitrogens is 1. The number of amides is 1. The number of nitrogens with zero attached hydrogens (tertiary/aromatic N) is 3. The van der Waals surface area contributed by atoms with E-state index in [4.69, 9.17) is 12.2 Å². The number of benzene rings is 4. The summed E-state index contributed by atoms with van der Waals surface area (Å²) < 4.78 is 2.29. The number of thiazole rings is 1. The third-order valence-electron chi connectivity index (χ3n) is 10.0. The number of carbonyl (C=O) groups is 2. The molecule has 2 atom stereocenters. The van der Waals surface area contributed by atoms with Crippen molar-refractivity contribution < 1.29 is 14.7 Å². The first-order chi connectivity index (χ1) is 25.3. The van der Waals surface area contributed by atoms with Crippen LogP contribution in [0.2, 0.25) is 0 Å². The second-order valence-corrected chi connectivity index (χ2v) is 15.8. The van der Waals surface area contributed by atoms with E-state index < -0.39 is 18.1 Å². The second-order valence-electron chi connectivity index (χ2n) is 13.1. The van der Waals surface area contributed by atoms with E-state index in [1.165, 1.54) is 37.4 Å². The third kappa shape index (κ3) is 6.25. The van der Waals surface area contributed by atoms with Crippen molar-refractivity contribution in [2.45, 2.75) is 44.7 Å². The average molecular weight is 742 g/mol. The molecule has 5 aromatic rings. The van der Waals surface area contributed by atoms with Crippen LogP contribution in [-0.2, 0) is 16.1 Å². The van der Waals surface area contributed by atoms with E-state index >= 15 is 0 Å². The maximum atomic E-state index is 13.6. The predicted molar refractivity (Wildman–Crippen MR) is 215 cm³/mol. The Hall–Kier alpha value is -5.03. The zero-order valence-corrected chi connectivity index (χ0v) is 30.8. The lowest BCUT2D eigenvalue weighted by Gasteiger charge is -2.27. The topological polar surface area (TPSA) is 82.9 Å². The van der Waals surface area contributed by atoms with E-state index in [2.05, 4.69) is 95.9 Å². The Bertz CT molecular complexity index is 2390. The highest BCUT2D eigenvalue weighted by Gasteiger charge is 2.42. The van der Waals surface area contributed by atoms with Crippen molar-refractivity contribution in [2.75, 3.05) is 11.4 Å². The van der Waals surface area contributed by atoms with Crippen LogP contribution in [0.15, 0.2) is 108 Å². The van der Waals surface area contributed by atoms with Gasteiger partial charge in [0.2, 0.25) is 0 Å². The maximum Gasteiger partial charge on any atom is 0.323 e. The molecule has 2 aliphatic heterocycles. The number of fused-ring (bicyclic) bond motifs is 3. The van der Waals surface area contributed by atoms with E-state index in [1.54, 1.807) is 0 Å². The van der Waals surface area contributed by atoms with Crippen molar-refractivity contribution in [3.63, 3.8) is 0 Å². The number of thiocarbonyl (C=S) groups is 1. The number of hydrogen-bond donors (Lipinski definition) is 1. The summed E-state index contributed by atoms with van der Waals surface area (Å²) in [6.45, 7) is 1.70. The molecule has 0 spiro atoms. The van der Waals surface area contributed by atoms with Gasteiger partial charge in [-0.05, 0) is 89.6 Å². The molecular weight excluding hydrogens is 707 g/mol. The van der Waals surface area contributed by atoms with Crippen LogP contribution < -0.4 is 19.7 Å². The number of carboxylic acids is 1. The number of anilines is 2. The number of carbonyl (C=O) groups excluding carboxylic acids is 1. The Morgan fingerprint density at radius 3 is 2.21 bits per heavy atom. The molecule has 0 bridgehead atoms. The number of rotatable bonds is 8. The van der Waals surface area contributed by atoms with Gasteiger partial charge in [0, 0.05) is 29.9 Å². The number of hydrogen-bond acceptors (Lipinski definition) is 7. The van der Waals surface area contributed by atoms with Gasteiger partial charge in [-0.25, -0.2) is 0 Å². The fourth-order valence-electron chi connectivity index (χ4n) is 7.69. The van der Waals surface area contributed by atoms with E-state index in [9.17, 15) is 19.5 Å².